The molecule has 0 atom stereocenters. The van der Waals surface area contributed by atoms with Crippen molar-refractivity contribution in [2.45, 2.75) is 20.0 Å². The van der Waals surface area contributed by atoms with Crippen LogP contribution in [0.1, 0.15) is 12.6 Å². The molecule has 1 heterocycles. The van der Waals surface area contributed by atoms with Gasteiger partial charge in [0.1, 0.15) is 5.75 Å². The Balaban J connectivity index is 2.06. The fraction of sp³-hybridized carbons (Fsp3) is 0.308. The van der Waals surface area contributed by atoms with Gasteiger partial charge in [0.05, 0.1) is 30.1 Å². The average Bonchev–Trinajstić information content (AvgIpc) is 2.85. The zero-order valence-corrected chi connectivity index (χ0v) is 12.1. The standard InChI is InChI=1S/C13H16BrN3O/c1-3-17-9-15-7-11(17)8-16-10-4-5-12(14)13(6-10)18-2/h4-7,9,16H,3,8H2,1-2H3. The molecule has 2 rings (SSSR count). The molecule has 96 valence electrons. The Bertz CT molecular complexity index is 525. The predicted octanol–water partition coefficient (Wildman–Crippen LogP) is 3.29. The highest BCUT2D eigenvalue weighted by Gasteiger charge is 2.03. The van der Waals surface area contributed by atoms with Gasteiger partial charge in [-0.3, -0.25) is 0 Å². The lowest BCUT2D eigenvalue weighted by molar-refractivity contribution is 0.412. The highest BCUT2D eigenvalue weighted by Crippen LogP contribution is 2.27. The number of nitrogens with one attached hydrogen (secondary N) is 1. The summed E-state index contributed by atoms with van der Waals surface area (Å²) in [5.74, 6) is 0.823. The molecule has 18 heavy (non-hydrogen) atoms. The van der Waals surface area contributed by atoms with Crippen LogP contribution in [-0.2, 0) is 13.1 Å². The first-order chi connectivity index (χ1) is 8.74. The molecule has 0 bridgehead atoms. The molecule has 0 aliphatic heterocycles. The van der Waals surface area contributed by atoms with Gasteiger partial charge in [-0.05, 0) is 35.0 Å². The van der Waals surface area contributed by atoms with Crippen LogP contribution in [0.3, 0.4) is 0 Å². The van der Waals surface area contributed by atoms with Gasteiger partial charge in [0.2, 0.25) is 0 Å². The lowest BCUT2D eigenvalue weighted by Gasteiger charge is -2.10. The number of nitrogens with zero attached hydrogens (tertiary/aromatic N) is 2. The molecule has 2 aromatic rings. The first kappa shape index (κ1) is 13.0. The summed E-state index contributed by atoms with van der Waals surface area (Å²) in [5, 5.41) is 3.36. The highest BCUT2D eigenvalue weighted by atomic mass is 79.9. The van der Waals surface area contributed by atoms with Crippen LogP contribution in [0.25, 0.3) is 0 Å². The molecule has 0 aliphatic carbocycles. The van der Waals surface area contributed by atoms with Crippen LogP contribution in [-0.4, -0.2) is 16.7 Å². The molecule has 0 aliphatic rings. The molecule has 1 aromatic heterocycles. The summed E-state index contributed by atoms with van der Waals surface area (Å²) in [4.78, 5) is 4.14. The van der Waals surface area contributed by atoms with E-state index >= 15 is 0 Å². The van der Waals surface area contributed by atoms with Crippen LogP contribution in [0.5, 0.6) is 5.75 Å². The van der Waals surface area contributed by atoms with E-state index in [1.54, 1.807) is 7.11 Å². The number of rotatable bonds is 5. The normalized spacial score (nSPS) is 10.4. The monoisotopic (exact) mass is 309 g/mol. The van der Waals surface area contributed by atoms with Gasteiger partial charge in [-0.15, -0.1) is 0 Å². The van der Waals surface area contributed by atoms with Gasteiger partial charge < -0.3 is 14.6 Å². The molecule has 0 spiro atoms. The minimum absolute atomic E-state index is 0.749. The van der Waals surface area contributed by atoms with Gasteiger partial charge in [0, 0.05) is 24.5 Å². The second-order valence-electron chi connectivity index (χ2n) is 3.87. The van der Waals surface area contributed by atoms with Crippen LogP contribution in [0.15, 0.2) is 35.2 Å². The Morgan fingerprint density at radius 1 is 1.44 bits per heavy atom. The minimum Gasteiger partial charge on any atom is -0.495 e. The van der Waals surface area contributed by atoms with E-state index in [1.807, 2.05) is 30.7 Å². The van der Waals surface area contributed by atoms with Crippen molar-refractivity contribution in [2.75, 3.05) is 12.4 Å². The number of aromatic nitrogens is 2. The van der Waals surface area contributed by atoms with E-state index in [0.29, 0.717) is 0 Å². The summed E-state index contributed by atoms with van der Waals surface area (Å²) in [6, 6.07) is 5.95. The van der Waals surface area contributed by atoms with E-state index in [4.69, 9.17) is 4.74 Å². The number of aryl methyl sites for hydroxylation is 1. The average molecular weight is 310 g/mol. The quantitative estimate of drug-likeness (QED) is 0.921. The predicted molar refractivity (Wildman–Crippen MR) is 75.9 cm³/mol. The van der Waals surface area contributed by atoms with Crippen molar-refractivity contribution in [1.29, 1.82) is 0 Å². The maximum absolute atomic E-state index is 5.26. The molecule has 0 unspecified atom stereocenters. The fourth-order valence-electron chi connectivity index (χ4n) is 1.74. The smallest absolute Gasteiger partial charge is 0.135 e. The Morgan fingerprint density at radius 2 is 2.28 bits per heavy atom. The van der Waals surface area contributed by atoms with Crippen molar-refractivity contribution in [3.8, 4) is 5.75 Å². The topological polar surface area (TPSA) is 39.1 Å². The van der Waals surface area contributed by atoms with Gasteiger partial charge in [-0.1, -0.05) is 0 Å². The lowest BCUT2D eigenvalue weighted by Crippen LogP contribution is -2.06. The van der Waals surface area contributed by atoms with Gasteiger partial charge in [0.15, 0.2) is 0 Å². The molecule has 1 N–H and O–H groups in total. The number of imidazole rings is 1. The molecule has 0 radical (unpaired) electrons. The van der Waals surface area contributed by atoms with Gasteiger partial charge in [0.25, 0.3) is 0 Å². The zero-order valence-electron chi connectivity index (χ0n) is 10.5. The van der Waals surface area contributed by atoms with Crippen molar-refractivity contribution in [2.24, 2.45) is 0 Å². The van der Waals surface area contributed by atoms with E-state index in [-0.39, 0.29) is 0 Å². The molecule has 5 heteroatoms. The number of benzene rings is 1. The van der Waals surface area contributed by atoms with Crippen molar-refractivity contribution in [1.82, 2.24) is 9.55 Å². The summed E-state index contributed by atoms with van der Waals surface area (Å²) in [7, 11) is 1.66. The third-order valence-electron chi connectivity index (χ3n) is 2.76. The van der Waals surface area contributed by atoms with Crippen molar-refractivity contribution in [3.05, 3.63) is 40.9 Å². The Hall–Kier alpha value is -1.49. The van der Waals surface area contributed by atoms with E-state index in [0.717, 1.165) is 29.0 Å². The first-order valence-corrected chi connectivity index (χ1v) is 6.60. The van der Waals surface area contributed by atoms with E-state index < -0.39 is 0 Å². The van der Waals surface area contributed by atoms with Gasteiger partial charge >= 0.3 is 0 Å². The van der Waals surface area contributed by atoms with Crippen LogP contribution >= 0.6 is 15.9 Å². The number of methoxy groups -OCH3 is 1. The Labute approximate surface area is 115 Å². The summed E-state index contributed by atoms with van der Waals surface area (Å²) in [5.41, 5.74) is 2.19. The molecule has 0 saturated heterocycles. The molecular formula is C13H16BrN3O. The number of hydrogen-bond donors (Lipinski definition) is 1. The Morgan fingerprint density at radius 3 is 3.00 bits per heavy atom. The van der Waals surface area contributed by atoms with Crippen LogP contribution in [0, 0.1) is 0 Å². The third kappa shape index (κ3) is 2.85. The summed E-state index contributed by atoms with van der Waals surface area (Å²) >= 11 is 3.44. The molecule has 0 fully saturated rings. The third-order valence-corrected chi connectivity index (χ3v) is 3.42. The number of anilines is 1. The minimum atomic E-state index is 0.749. The second kappa shape index (κ2) is 5.91. The number of ether oxygens (including phenoxy) is 1. The van der Waals surface area contributed by atoms with Crippen LogP contribution in [0.4, 0.5) is 5.69 Å². The van der Waals surface area contributed by atoms with Crippen molar-refractivity contribution < 1.29 is 4.74 Å². The van der Waals surface area contributed by atoms with E-state index in [9.17, 15) is 0 Å². The molecular weight excluding hydrogens is 294 g/mol. The van der Waals surface area contributed by atoms with E-state index in [2.05, 4.69) is 37.7 Å². The van der Waals surface area contributed by atoms with Gasteiger partial charge in [-0.2, -0.15) is 0 Å². The summed E-state index contributed by atoms with van der Waals surface area (Å²) in [6.07, 6.45) is 3.73. The zero-order chi connectivity index (χ0) is 13.0. The molecule has 0 saturated carbocycles. The summed E-state index contributed by atoms with van der Waals surface area (Å²) < 4.78 is 8.33. The van der Waals surface area contributed by atoms with Gasteiger partial charge in [-0.25, -0.2) is 4.98 Å². The van der Waals surface area contributed by atoms with Crippen LogP contribution < -0.4 is 10.1 Å². The number of hydrogen-bond acceptors (Lipinski definition) is 3. The molecule has 1 aromatic carbocycles. The SMILES string of the molecule is CCn1cncc1CNc1ccc(Br)c(OC)c1. The lowest BCUT2D eigenvalue weighted by atomic mass is 10.3. The van der Waals surface area contributed by atoms with Crippen molar-refractivity contribution in [3.63, 3.8) is 0 Å². The number of halogens is 1. The van der Waals surface area contributed by atoms with E-state index in [1.165, 1.54) is 5.69 Å². The highest BCUT2D eigenvalue weighted by molar-refractivity contribution is 9.10. The molecule has 0 amide bonds. The fourth-order valence-corrected chi connectivity index (χ4v) is 2.15. The largest absolute Gasteiger partial charge is 0.495 e. The second-order valence-corrected chi connectivity index (χ2v) is 4.73. The summed E-state index contributed by atoms with van der Waals surface area (Å²) in [6.45, 7) is 3.78. The van der Waals surface area contributed by atoms with Crippen LogP contribution in [0.2, 0.25) is 0 Å². The molecule has 4 nitrogen and oxygen atoms in total. The Kier molecular flexibility index (Phi) is 4.25. The maximum atomic E-state index is 5.26. The van der Waals surface area contributed by atoms with Crippen molar-refractivity contribution >= 4 is 21.6 Å². The maximum Gasteiger partial charge on any atom is 0.135 e. The first-order valence-electron chi connectivity index (χ1n) is 5.81.